The van der Waals surface area contributed by atoms with E-state index in [2.05, 4.69) is 20.9 Å². The number of nitrogens with zero attached hydrogens (tertiary/aromatic N) is 1. The quantitative estimate of drug-likeness (QED) is 0.800. The van der Waals surface area contributed by atoms with Gasteiger partial charge in [0.15, 0.2) is 11.7 Å². The van der Waals surface area contributed by atoms with Crippen LogP contribution in [0.5, 0.6) is 0 Å². The minimum absolute atomic E-state index is 0.312. The largest absolute Gasteiger partial charge is 0.441 e. The van der Waals surface area contributed by atoms with Gasteiger partial charge in [0.05, 0.1) is 6.20 Å². The summed E-state index contributed by atoms with van der Waals surface area (Å²) < 4.78 is 19.3. The van der Waals surface area contributed by atoms with Crippen molar-refractivity contribution in [3.63, 3.8) is 0 Å². The third kappa shape index (κ3) is 2.44. The summed E-state index contributed by atoms with van der Waals surface area (Å²) in [6.07, 6.45) is 2.13. The van der Waals surface area contributed by atoms with Crippen LogP contribution in [0.25, 0.3) is 11.3 Å². The molecular weight excluding hydrogens is 296 g/mol. The van der Waals surface area contributed by atoms with Crippen LogP contribution >= 0.6 is 27.5 Å². The van der Waals surface area contributed by atoms with Gasteiger partial charge in [0.25, 0.3) is 0 Å². The number of aromatic nitrogens is 1. The van der Waals surface area contributed by atoms with Crippen LogP contribution in [0.15, 0.2) is 33.3 Å². The van der Waals surface area contributed by atoms with E-state index in [0.717, 1.165) is 4.47 Å². The first-order valence-corrected chi connectivity index (χ1v) is 5.99. The molecule has 2 rings (SSSR count). The average molecular weight is 305 g/mol. The molecule has 0 fully saturated rings. The summed E-state index contributed by atoms with van der Waals surface area (Å²) in [6, 6.07) is 4.41. The maximum absolute atomic E-state index is 13.1. The van der Waals surface area contributed by atoms with E-state index in [1.807, 2.05) is 0 Å². The number of hydrogen-bond acceptors (Lipinski definition) is 2. The van der Waals surface area contributed by atoms with E-state index in [0.29, 0.717) is 29.5 Å². The van der Waals surface area contributed by atoms with E-state index in [1.165, 1.54) is 12.1 Å². The first kappa shape index (κ1) is 11.6. The normalized spacial score (nSPS) is 10.7. The lowest BCUT2D eigenvalue weighted by atomic mass is 10.2. The Kier molecular flexibility index (Phi) is 3.61. The molecule has 84 valence electrons. The highest BCUT2D eigenvalue weighted by molar-refractivity contribution is 9.10. The van der Waals surface area contributed by atoms with E-state index in [-0.39, 0.29) is 5.82 Å². The first-order valence-electron chi connectivity index (χ1n) is 4.67. The second-order valence-corrected chi connectivity index (χ2v) is 4.41. The zero-order chi connectivity index (χ0) is 11.5. The molecule has 0 unspecified atom stereocenters. The van der Waals surface area contributed by atoms with E-state index in [1.54, 1.807) is 12.3 Å². The van der Waals surface area contributed by atoms with Crippen LogP contribution in [0.3, 0.4) is 0 Å². The van der Waals surface area contributed by atoms with E-state index in [4.69, 9.17) is 16.0 Å². The highest BCUT2D eigenvalue weighted by Gasteiger charge is 2.10. The highest BCUT2D eigenvalue weighted by atomic mass is 79.9. The highest BCUT2D eigenvalue weighted by Crippen LogP contribution is 2.29. The van der Waals surface area contributed by atoms with Crippen molar-refractivity contribution < 1.29 is 8.81 Å². The zero-order valence-corrected chi connectivity index (χ0v) is 10.6. The summed E-state index contributed by atoms with van der Waals surface area (Å²) in [5, 5.41) is 0. The van der Waals surface area contributed by atoms with Crippen molar-refractivity contribution in [3.05, 3.63) is 40.6 Å². The standard InChI is InChI=1S/C11H8BrClFNO/c12-9-2-1-7(14)5-8(9)10-6-15-11(16-10)3-4-13/h1-2,5-6H,3-4H2. The Bertz CT molecular complexity index is 500. The zero-order valence-electron chi connectivity index (χ0n) is 8.21. The van der Waals surface area contributed by atoms with Crippen LogP contribution in [0, 0.1) is 5.82 Å². The van der Waals surface area contributed by atoms with Crippen molar-refractivity contribution in [3.8, 4) is 11.3 Å². The predicted molar refractivity (Wildman–Crippen MR) is 64.0 cm³/mol. The molecular formula is C11H8BrClFNO. The van der Waals surface area contributed by atoms with Gasteiger partial charge in [-0.05, 0) is 18.2 Å². The van der Waals surface area contributed by atoms with Crippen LogP contribution in [-0.4, -0.2) is 10.9 Å². The fourth-order valence-electron chi connectivity index (χ4n) is 1.32. The van der Waals surface area contributed by atoms with Crippen molar-refractivity contribution in [1.82, 2.24) is 4.98 Å². The van der Waals surface area contributed by atoms with Gasteiger partial charge in [-0.2, -0.15) is 0 Å². The first-order chi connectivity index (χ1) is 7.70. The molecule has 1 aromatic carbocycles. The van der Waals surface area contributed by atoms with Crippen molar-refractivity contribution in [1.29, 1.82) is 0 Å². The fraction of sp³-hybridized carbons (Fsp3) is 0.182. The molecule has 0 saturated carbocycles. The molecule has 0 saturated heterocycles. The topological polar surface area (TPSA) is 26.0 Å². The van der Waals surface area contributed by atoms with Gasteiger partial charge in [-0.25, -0.2) is 9.37 Å². The van der Waals surface area contributed by atoms with Crippen LogP contribution in [-0.2, 0) is 6.42 Å². The van der Waals surface area contributed by atoms with E-state index >= 15 is 0 Å². The number of hydrogen-bond donors (Lipinski definition) is 0. The van der Waals surface area contributed by atoms with Gasteiger partial charge >= 0.3 is 0 Å². The third-order valence-electron chi connectivity index (χ3n) is 2.06. The smallest absolute Gasteiger partial charge is 0.196 e. The molecule has 0 aliphatic rings. The Hall–Kier alpha value is -0.870. The van der Waals surface area contributed by atoms with Crippen molar-refractivity contribution in [2.24, 2.45) is 0 Å². The second-order valence-electron chi connectivity index (χ2n) is 3.18. The van der Waals surface area contributed by atoms with Gasteiger partial charge in [0.1, 0.15) is 5.82 Å². The van der Waals surface area contributed by atoms with Gasteiger partial charge < -0.3 is 4.42 Å². The summed E-state index contributed by atoms with van der Waals surface area (Å²) in [5.41, 5.74) is 0.647. The van der Waals surface area contributed by atoms with Gasteiger partial charge in [0, 0.05) is 22.3 Å². The van der Waals surface area contributed by atoms with Gasteiger partial charge in [-0.15, -0.1) is 11.6 Å². The van der Waals surface area contributed by atoms with Crippen LogP contribution < -0.4 is 0 Å². The van der Waals surface area contributed by atoms with Gasteiger partial charge in [-0.1, -0.05) is 15.9 Å². The monoisotopic (exact) mass is 303 g/mol. The Morgan fingerprint density at radius 1 is 1.44 bits per heavy atom. The second kappa shape index (κ2) is 4.97. The minimum atomic E-state index is -0.312. The van der Waals surface area contributed by atoms with Crippen LogP contribution in [0.2, 0.25) is 0 Å². The summed E-state index contributed by atoms with van der Waals surface area (Å²) >= 11 is 8.91. The molecule has 0 radical (unpaired) electrons. The SMILES string of the molecule is Fc1ccc(Br)c(-c2cnc(CCCl)o2)c1. The maximum Gasteiger partial charge on any atom is 0.196 e. The Balaban J connectivity index is 2.38. The molecule has 0 atom stereocenters. The average Bonchev–Trinajstić information content (AvgIpc) is 2.71. The van der Waals surface area contributed by atoms with Crippen LogP contribution in [0.4, 0.5) is 4.39 Å². The molecule has 16 heavy (non-hydrogen) atoms. The van der Waals surface area contributed by atoms with Gasteiger partial charge in [-0.3, -0.25) is 0 Å². The van der Waals surface area contributed by atoms with Crippen molar-refractivity contribution in [2.45, 2.75) is 6.42 Å². The Morgan fingerprint density at radius 3 is 3.00 bits per heavy atom. The number of oxazole rings is 1. The molecule has 0 spiro atoms. The molecule has 0 aliphatic carbocycles. The number of alkyl halides is 1. The Morgan fingerprint density at radius 2 is 2.25 bits per heavy atom. The molecule has 1 heterocycles. The molecule has 2 nitrogen and oxygen atoms in total. The molecule has 0 aliphatic heterocycles. The Labute approximate surface area is 106 Å². The lowest BCUT2D eigenvalue weighted by molar-refractivity contribution is 0.514. The van der Waals surface area contributed by atoms with Gasteiger partial charge in [0.2, 0.25) is 0 Å². The summed E-state index contributed by atoms with van der Waals surface area (Å²) in [7, 11) is 0. The molecule has 0 N–H and O–H groups in total. The number of aryl methyl sites for hydroxylation is 1. The van der Waals surface area contributed by atoms with E-state index in [9.17, 15) is 4.39 Å². The maximum atomic E-state index is 13.1. The molecule has 0 amide bonds. The lowest BCUT2D eigenvalue weighted by Gasteiger charge is -2.00. The lowest BCUT2D eigenvalue weighted by Crippen LogP contribution is -1.83. The summed E-state index contributed by atoms with van der Waals surface area (Å²) in [4.78, 5) is 4.06. The number of halogens is 3. The number of rotatable bonds is 3. The predicted octanol–water partition coefficient (Wildman–Crippen LogP) is 4.02. The molecule has 5 heteroatoms. The van der Waals surface area contributed by atoms with E-state index < -0.39 is 0 Å². The molecule has 0 bridgehead atoms. The molecule has 2 aromatic rings. The minimum Gasteiger partial charge on any atom is -0.441 e. The third-order valence-corrected chi connectivity index (χ3v) is 2.94. The molecule has 1 aromatic heterocycles. The van der Waals surface area contributed by atoms with Crippen molar-refractivity contribution in [2.75, 3.05) is 5.88 Å². The number of benzene rings is 1. The van der Waals surface area contributed by atoms with Crippen molar-refractivity contribution >= 4 is 27.5 Å². The summed E-state index contributed by atoms with van der Waals surface area (Å²) in [5.74, 6) is 1.23. The van der Waals surface area contributed by atoms with Crippen LogP contribution in [0.1, 0.15) is 5.89 Å². The fourth-order valence-corrected chi connectivity index (χ4v) is 1.92. The summed E-state index contributed by atoms with van der Waals surface area (Å²) in [6.45, 7) is 0.